The lowest BCUT2D eigenvalue weighted by Crippen LogP contribution is -2.38. The quantitative estimate of drug-likeness (QED) is 0.830. The highest BCUT2D eigenvalue weighted by Gasteiger charge is 2.33. The van der Waals surface area contributed by atoms with E-state index in [1.54, 1.807) is 6.92 Å². The number of hydrogen-bond acceptors (Lipinski definition) is 3. The van der Waals surface area contributed by atoms with E-state index in [1.807, 2.05) is 60.7 Å². The highest BCUT2D eigenvalue weighted by molar-refractivity contribution is 5.85. The van der Waals surface area contributed by atoms with E-state index in [1.165, 1.54) is 0 Å². The first kappa shape index (κ1) is 16.2. The third-order valence-electron chi connectivity index (χ3n) is 4.13. The molecule has 1 N–H and O–H groups in total. The Balaban J connectivity index is 1.74. The van der Waals surface area contributed by atoms with Gasteiger partial charge in [-0.2, -0.15) is 0 Å². The maximum Gasteiger partial charge on any atom is 0.309 e. The fraction of sp³-hybridized carbons (Fsp3) is 0.300. The summed E-state index contributed by atoms with van der Waals surface area (Å²) >= 11 is 0. The maximum atomic E-state index is 12.5. The lowest BCUT2D eigenvalue weighted by molar-refractivity contribution is -0.156. The van der Waals surface area contributed by atoms with Gasteiger partial charge in [0.1, 0.15) is 0 Å². The SMILES string of the molecule is C[C@H](OC(=O)C1CC1)C(=O)NC(c1ccccc1)c1ccccc1. The summed E-state index contributed by atoms with van der Waals surface area (Å²) < 4.78 is 5.26. The van der Waals surface area contributed by atoms with Crippen molar-refractivity contribution in [3.05, 3.63) is 71.8 Å². The molecule has 24 heavy (non-hydrogen) atoms. The monoisotopic (exact) mass is 323 g/mol. The Morgan fingerprint density at radius 2 is 1.46 bits per heavy atom. The van der Waals surface area contributed by atoms with E-state index in [4.69, 9.17) is 4.74 Å². The average molecular weight is 323 g/mol. The Labute approximate surface area is 141 Å². The van der Waals surface area contributed by atoms with Gasteiger partial charge in [0.05, 0.1) is 12.0 Å². The maximum absolute atomic E-state index is 12.5. The molecule has 2 aromatic rings. The van der Waals surface area contributed by atoms with Crippen molar-refractivity contribution in [3.63, 3.8) is 0 Å². The second-order valence-electron chi connectivity index (χ2n) is 6.12. The molecular weight excluding hydrogens is 302 g/mol. The molecule has 1 amide bonds. The molecule has 0 aliphatic heterocycles. The molecule has 3 rings (SSSR count). The first-order valence-electron chi connectivity index (χ1n) is 8.26. The standard InChI is InChI=1S/C20H21NO3/c1-14(24-20(23)17-12-13-17)19(22)21-18(15-8-4-2-5-9-15)16-10-6-3-7-11-16/h2-11,14,17-18H,12-13H2,1H3,(H,21,22)/t14-/m0/s1. The summed E-state index contributed by atoms with van der Waals surface area (Å²) in [5.74, 6) is -0.574. The Bertz CT molecular complexity index is 656. The van der Waals surface area contributed by atoms with Crippen LogP contribution in [0.25, 0.3) is 0 Å². The summed E-state index contributed by atoms with van der Waals surface area (Å²) in [6.45, 7) is 1.61. The Morgan fingerprint density at radius 3 is 1.92 bits per heavy atom. The van der Waals surface area contributed by atoms with E-state index in [-0.39, 0.29) is 23.8 Å². The molecule has 1 saturated carbocycles. The summed E-state index contributed by atoms with van der Waals surface area (Å²) in [5.41, 5.74) is 1.97. The summed E-state index contributed by atoms with van der Waals surface area (Å²) in [6, 6.07) is 19.2. The zero-order chi connectivity index (χ0) is 16.9. The summed E-state index contributed by atoms with van der Waals surface area (Å²) in [5, 5.41) is 3.00. The molecule has 1 aliphatic carbocycles. The van der Waals surface area contributed by atoms with Crippen LogP contribution in [0.15, 0.2) is 60.7 Å². The summed E-state index contributed by atoms with van der Waals surface area (Å²) in [6.07, 6.45) is 0.932. The van der Waals surface area contributed by atoms with Crippen LogP contribution in [0.4, 0.5) is 0 Å². The third kappa shape index (κ3) is 4.02. The number of ether oxygens (including phenoxy) is 1. The number of hydrogen-bond donors (Lipinski definition) is 1. The van der Waals surface area contributed by atoms with Crippen LogP contribution in [-0.4, -0.2) is 18.0 Å². The Kier molecular flexibility index (Phi) is 4.94. The minimum Gasteiger partial charge on any atom is -0.452 e. The van der Waals surface area contributed by atoms with Gasteiger partial charge in [-0.05, 0) is 30.9 Å². The predicted molar refractivity (Wildman–Crippen MR) is 91.1 cm³/mol. The molecule has 1 fully saturated rings. The van der Waals surface area contributed by atoms with Gasteiger partial charge in [0.2, 0.25) is 0 Å². The van der Waals surface area contributed by atoms with Crippen molar-refractivity contribution in [1.82, 2.24) is 5.32 Å². The zero-order valence-electron chi connectivity index (χ0n) is 13.6. The molecule has 124 valence electrons. The number of carbonyl (C=O) groups is 2. The lowest BCUT2D eigenvalue weighted by Gasteiger charge is -2.22. The van der Waals surface area contributed by atoms with Crippen molar-refractivity contribution < 1.29 is 14.3 Å². The number of nitrogens with one attached hydrogen (secondary N) is 1. The van der Waals surface area contributed by atoms with Crippen LogP contribution >= 0.6 is 0 Å². The minimum absolute atomic E-state index is 0.0145. The van der Waals surface area contributed by atoms with Crippen LogP contribution in [0.1, 0.15) is 36.9 Å². The molecule has 4 nitrogen and oxygen atoms in total. The van der Waals surface area contributed by atoms with E-state index in [9.17, 15) is 9.59 Å². The highest BCUT2D eigenvalue weighted by Crippen LogP contribution is 2.30. The van der Waals surface area contributed by atoms with Gasteiger partial charge in [-0.15, -0.1) is 0 Å². The second-order valence-corrected chi connectivity index (χ2v) is 6.12. The van der Waals surface area contributed by atoms with Gasteiger partial charge in [-0.3, -0.25) is 9.59 Å². The molecule has 0 aromatic heterocycles. The van der Waals surface area contributed by atoms with Gasteiger partial charge in [-0.1, -0.05) is 60.7 Å². The van der Waals surface area contributed by atoms with Crippen molar-refractivity contribution in [2.45, 2.75) is 31.9 Å². The molecule has 0 radical (unpaired) electrons. The minimum atomic E-state index is -0.798. The molecule has 1 aliphatic rings. The van der Waals surface area contributed by atoms with Crippen molar-refractivity contribution in [1.29, 1.82) is 0 Å². The number of amides is 1. The van der Waals surface area contributed by atoms with Gasteiger partial charge in [0, 0.05) is 0 Å². The fourth-order valence-corrected chi connectivity index (χ4v) is 2.55. The van der Waals surface area contributed by atoms with E-state index >= 15 is 0 Å². The van der Waals surface area contributed by atoms with Crippen LogP contribution in [0, 0.1) is 5.92 Å². The summed E-state index contributed by atoms with van der Waals surface area (Å²) in [7, 11) is 0. The van der Waals surface area contributed by atoms with Crippen molar-refractivity contribution >= 4 is 11.9 Å². The van der Waals surface area contributed by atoms with Crippen molar-refractivity contribution in [2.24, 2.45) is 5.92 Å². The molecule has 0 heterocycles. The normalized spacial score (nSPS) is 14.9. The Hall–Kier alpha value is -2.62. The fourth-order valence-electron chi connectivity index (χ4n) is 2.55. The van der Waals surface area contributed by atoms with Crippen molar-refractivity contribution in [3.8, 4) is 0 Å². The number of esters is 1. The number of rotatable bonds is 6. The molecule has 1 atom stereocenters. The van der Waals surface area contributed by atoms with E-state index in [0.717, 1.165) is 24.0 Å². The van der Waals surface area contributed by atoms with Crippen molar-refractivity contribution in [2.75, 3.05) is 0 Å². The topological polar surface area (TPSA) is 55.4 Å². The molecule has 0 bridgehead atoms. The third-order valence-corrected chi connectivity index (χ3v) is 4.13. The van der Waals surface area contributed by atoms with Gasteiger partial charge < -0.3 is 10.1 Å². The van der Waals surface area contributed by atoms with Crippen LogP contribution in [0.3, 0.4) is 0 Å². The predicted octanol–water partition coefficient (Wildman–Crippen LogP) is 3.23. The molecule has 4 heteroatoms. The van der Waals surface area contributed by atoms with Crippen LogP contribution < -0.4 is 5.32 Å². The average Bonchev–Trinajstić information content (AvgIpc) is 3.46. The molecule has 2 aromatic carbocycles. The smallest absolute Gasteiger partial charge is 0.309 e. The van der Waals surface area contributed by atoms with Crippen LogP contribution in [0.5, 0.6) is 0 Å². The molecule has 0 spiro atoms. The van der Waals surface area contributed by atoms with Crippen LogP contribution in [-0.2, 0) is 14.3 Å². The zero-order valence-corrected chi connectivity index (χ0v) is 13.6. The van der Waals surface area contributed by atoms with Gasteiger partial charge >= 0.3 is 5.97 Å². The largest absolute Gasteiger partial charge is 0.452 e. The first-order chi connectivity index (χ1) is 11.6. The van der Waals surface area contributed by atoms with Crippen LogP contribution in [0.2, 0.25) is 0 Å². The summed E-state index contributed by atoms with van der Waals surface area (Å²) in [4.78, 5) is 24.2. The first-order valence-corrected chi connectivity index (χ1v) is 8.26. The van der Waals surface area contributed by atoms with E-state index < -0.39 is 6.10 Å². The van der Waals surface area contributed by atoms with Gasteiger partial charge in [0.25, 0.3) is 5.91 Å². The van der Waals surface area contributed by atoms with E-state index in [2.05, 4.69) is 5.32 Å². The Morgan fingerprint density at radius 1 is 0.958 bits per heavy atom. The van der Waals surface area contributed by atoms with Gasteiger partial charge in [-0.25, -0.2) is 0 Å². The lowest BCUT2D eigenvalue weighted by atomic mass is 9.98. The van der Waals surface area contributed by atoms with Gasteiger partial charge in [0.15, 0.2) is 6.10 Å². The number of carbonyl (C=O) groups excluding carboxylic acids is 2. The second kappa shape index (κ2) is 7.30. The molecule has 0 saturated heterocycles. The molecule has 0 unspecified atom stereocenters. The number of benzene rings is 2. The highest BCUT2D eigenvalue weighted by atomic mass is 16.5. The molecular formula is C20H21NO3. The van der Waals surface area contributed by atoms with E-state index in [0.29, 0.717) is 0 Å².